The Balaban J connectivity index is 1.73. The van der Waals surface area contributed by atoms with Crippen LogP contribution >= 0.6 is 0 Å². The first-order valence-corrected chi connectivity index (χ1v) is 7.17. The van der Waals surface area contributed by atoms with Crippen LogP contribution in [0.3, 0.4) is 0 Å². The Hall–Kier alpha value is -1.63. The number of aromatic carboxylic acids is 1. The van der Waals surface area contributed by atoms with Crippen LogP contribution in [0.5, 0.6) is 5.75 Å². The molecule has 0 amide bonds. The van der Waals surface area contributed by atoms with Gasteiger partial charge in [0.15, 0.2) is 0 Å². The van der Waals surface area contributed by atoms with Crippen LogP contribution in [-0.4, -0.2) is 59.5 Å². The van der Waals surface area contributed by atoms with Crippen LogP contribution in [0.2, 0.25) is 0 Å². The van der Waals surface area contributed by atoms with Gasteiger partial charge in [-0.3, -0.25) is 0 Å². The number of aliphatic hydroxyl groups excluding tert-OH is 1. The summed E-state index contributed by atoms with van der Waals surface area (Å²) in [5, 5.41) is 18.8. The van der Waals surface area contributed by atoms with Crippen LogP contribution in [0, 0.1) is 0 Å². The quantitative estimate of drug-likeness (QED) is 0.709. The molecule has 1 unspecified atom stereocenters. The molecule has 1 saturated heterocycles. The second-order valence-electron chi connectivity index (χ2n) is 5.43. The molecule has 1 aliphatic rings. The molecular weight excluding hydrogens is 272 g/mol. The van der Waals surface area contributed by atoms with Crippen LogP contribution in [0.25, 0.3) is 0 Å². The van der Waals surface area contributed by atoms with Crippen LogP contribution in [0.1, 0.15) is 23.2 Å². The lowest BCUT2D eigenvalue weighted by Crippen LogP contribution is -2.44. The van der Waals surface area contributed by atoms with E-state index in [0.29, 0.717) is 12.3 Å². The molecule has 1 heterocycles. The summed E-state index contributed by atoms with van der Waals surface area (Å²) in [6.07, 6.45) is 1.35. The molecule has 4 N–H and O–H groups in total. The minimum Gasteiger partial charge on any atom is -0.491 e. The maximum absolute atomic E-state index is 10.7. The summed E-state index contributed by atoms with van der Waals surface area (Å²) in [4.78, 5) is 12.9. The number of hydrogen-bond acceptors (Lipinski definition) is 5. The largest absolute Gasteiger partial charge is 0.491 e. The highest BCUT2D eigenvalue weighted by molar-refractivity contribution is 5.87. The SMILES string of the molecule is NC1CCN(CC(O)COc2ccc(C(=O)O)cc2)CC1. The number of likely N-dealkylation sites (tertiary alicyclic amines) is 1. The zero-order chi connectivity index (χ0) is 15.2. The Morgan fingerprint density at radius 1 is 1.33 bits per heavy atom. The Bertz CT molecular complexity index is 455. The van der Waals surface area contributed by atoms with E-state index < -0.39 is 12.1 Å². The van der Waals surface area contributed by atoms with E-state index in [0.717, 1.165) is 25.9 Å². The van der Waals surface area contributed by atoms with Crippen molar-refractivity contribution >= 4 is 5.97 Å². The van der Waals surface area contributed by atoms with Crippen LogP contribution < -0.4 is 10.5 Å². The third-order valence-corrected chi connectivity index (χ3v) is 3.64. The van der Waals surface area contributed by atoms with Gasteiger partial charge in [-0.1, -0.05) is 0 Å². The van der Waals surface area contributed by atoms with Crippen molar-refractivity contribution in [2.45, 2.75) is 25.0 Å². The van der Waals surface area contributed by atoms with E-state index in [1.807, 2.05) is 0 Å². The van der Waals surface area contributed by atoms with Gasteiger partial charge in [-0.15, -0.1) is 0 Å². The summed E-state index contributed by atoms with van der Waals surface area (Å²) in [5.74, 6) is -0.412. The summed E-state index contributed by atoms with van der Waals surface area (Å²) >= 11 is 0. The van der Waals surface area contributed by atoms with E-state index in [-0.39, 0.29) is 18.2 Å². The van der Waals surface area contributed by atoms with E-state index >= 15 is 0 Å². The van der Waals surface area contributed by atoms with E-state index in [9.17, 15) is 9.90 Å². The number of carboxylic acids is 1. The molecular formula is C15H22N2O4. The molecule has 0 aromatic heterocycles. The van der Waals surface area contributed by atoms with Gasteiger partial charge in [0, 0.05) is 12.6 Å². The topological polar surface area (TPSA) is 96.0 Å². The van der Waals surface area contributed by atoms with Crippen molar-refractivity contribution in [2.75, 3.05) is 26.2 Å². The third-order valence-electron chi connectivity index (χ3n) is 3.64. The summed E-state index contributed by atoms with van der Waals surface area (Å²) in [5.41, 5.74) is 6.06. The molecule has 0 radical (unpaired) electrons. The summed E-state index contributed by atoms with van der Waals surface area (Å²) in [7, 11) is 0. The molecule has 1 aromatic carbocycles. The number of nitrogens with two attached hydrogens (primary N) is 1. The van der Waals surface area contributed by atoms with Crippen LogP contribution in [-0.2, 0) is 0 Å². The van der Waals surface area contributed by atoms with E-state index in [4.69, 9.17) is 15.6 Å². The fourth-order valence-corrected chi connectivity index (χ4v) is 2.37. The molecule has 0 saturated carbocycles. The summed E-state index contributed by atoms with van der Waals surface area (Å²) in [6.45, 7) is 2.58. The number of aliphatic hydroxyl groups is 1. The Morgan fingerprint density at radius 2 is 1.95 bits per heavy atom. The van der Waals surface area contributed by atoms with Crippen molar-refractivity contribution < 1.29 is 19.7 Å². The molecule has 2 rings (SSSR count). The zero-order valence-electron chi connectivity index (χ0n) is 11.9. The molecule has 6 nitrogen and oxygen atoms in total. The molecule has 0 bridgehead atoms. The first-order chi connectivity index (χ1) is 10.0. The van der Waals surface area contributed by atoms with Gasteiger partial charge in [0.2, 0.25) is 0 Å². The van der Waals surface area contributed by atoms with Crippen molar-refractivity contribution in [1.29, 1.82) is 0 Å². The minimum absolute atomic E-state index is 0.189. The van der Waals surface area contributed by atoms with Crippen molar-refractivity contribution in [3.63, 3.8) is 0 Å². The number of carboxylic acid groups (broad SMARTS) is 1. The van der Waals surface area contributed by atoms with Gasteiger partial charge in [0.25, 0.3) is 0 Å². The number of hydrogen-bond donors (Lipinski definition) is 3. The lowest BCUT2D eigenvalue weighted by molar-refractivity contribution is 0.0596. The molecule has 1 fully saturated rings. The Kier molecular flexibility index (Phi) is 5.55. The van der Waals surface area contributed by atoms with Gasteiger partial charge in [0.1, 0.15) is 18.5 Å². The highest BCUT2D eigenvalue weighted by Gasteiger charge is 2.18. The lowest BCUT2D eigenvalue weighted by atomic mass is 10.1. The van der Waals surface area contributed by atoms with Gasteiger partial charge in [0.05, 0.1) is 5.56 Å². The van der Waals surface area contributed by atoms with E-state index in [2.05, 4.69) is 4.90 Å². The number of β-amino-alcohol motifs (C(OH)–C–C–N with tert-alkyl or cyclic N) is 1. The first kappa shape index (κ1) is 15.8. The summed E-state index contributed by atoms with van der Waals surface area (Å²) < 4.78 is 5.47. The average molecular weight is 294 g/mol. The van der Waals surface area contributed by atoms with Crippen LogP contribution in [0.4, 0.5) is 0 Å². The van der Waals surface area contributed by atoms with Crippen LogP contribution in [0.15, 0.2) is 24.3 Å². The zero-order valence-corrected chi connectivity index (χ0v) is 11.9. The molecule has 0 spiro atoms. The normalized spacial score (nSPS) is 18.4. The van der Waals surface area contributed by atoms with Gasteiger partial charge in [-0.05, 0) is 50.2 Å². The molecule has 1 aromatic rings. The highest BCUT2D eigenvalue weighted by Crippen LogP contribution is 2.13. The predicted molar refractivity (Wildman–Crippen MR) is 78.6 cm³/mol. The maximum atomic E-state index is 10.7. The fourth-order valence-electron chi connectivity index (χ4n) is 2.37. The van der Waals surface area contributed by atoms with E-state index in [1.165, 1.54) is 12.1 Å². The van der Waals surface area contributed by atoms with Crippen molar-refractivity contribution in [3.05, 3.63) is 29.8 Å². The first-order valence-electron chi connectivity index (χ1n) is 7.17. The minimum atomic E-state index is -0.968. The molecule has 0 aliphatic carbocycles. The van der Waals surface area contributed by atoms with Gasteiger partial charge in [-0.2, -0.15) is 0 Å². The van der Waals surface area contributed by atoms with Gasteiger partial charge < -0.3 is 25.6 Å². The lowest BCUT2D eigenvalue weighted by Gasteiger charge is -2.31. The fraction of sp³-hybridized carbons (Fsp3) is 0.533. The van der Waals surface area contributed by atoms with Gasteiger partial charge >= 0.3 is 5.97 Å². The average Bonchev–Trinajstić information content (AvgIpc) is 2.48. The molecule has 1 aliphatic heterocycles. The molecule has 116 valence electrons. The summed E-state index contributed by atoms with van der Waals surface area (Å²) in [6, 6.07) is 6.43. The second-order valence-corrected chi connectivity index (χ2v) is 5.43. The highest BCUT2D eigenvalue weighted by atomic mass is 16.5. The third kappa shape index (κ3) is 5.00. The number of piperidine rings is 1. The number of nitrogens with zero attached hydrogens (tertiary/aromatic N) is 1. The smallest absolute Gasteiger partial charge is 0.335 e. The monoisotopic (exact) mass is 294 g/mol. The molecule has 6 heteroatoms. The number of carbonyl (C=O) groups is 1. The standard InChI is InChI=1S/C15H22N2O4/c16-12-5-7-17(8-6-12)9-13(18)10-21-14-3-1-11(2-4-14)15(19)20/h1-4,12-13,18H,5-10,16H2,(H,19,20). The van der Waals surface area contributed by atoms with Crippen molar-refractivity contribution in [1.82, 2.24) is 4.90 Å². The molecule has 21 heavy (non-hydrogen) atoms. The van der Waals surface area contributed by atoms with Gasteiger partial charge in [-0.25, -0.2) is 4.79 Å². The maximum Gasteiger partial charge on any atom is 0.335 e. The Morgan fingerprint density at radius 3 is 2.52 bits per heavy atom. The number of rotatable bonds is 6. The Labute approximate surface area is 124 Å². The second kappa shape index (κ2) is 7.40. The molecule has 1 atom stereocenters. The number of benzene rings is 1. The van der Waals surface area contributed by atoms with Crippen molar-refractivity contribution in [3.8, 4) is 5.75 Å². The predicted octanol–water partition coefficient (Wildman–Crippen LogP) is 0.548. The number of ether oxygens (including phenoxy) is 1. The van der Waals surface area contributed by atoms with Crippen molar-refractivity contribution in [2.24, 2.45) is 5.73 Å². The van der Waals surface area contributed by atoms with E-state index in [1.54, 1.807) is 12.1 Å².